The molecule has 1 aliphatic rings. The van der Waals surface area contributed by atoms with E-state index in [1.807, 2.05) is 38.4 Å². The molecule has 0 aliphatic carbocycles. The van der Waals surface area contributed by atoms with Crippen LogP contribution in [0.4, 0.5) is 0 Å². The van der Waals surface area contributed by atoms with Gasteiger partial charge in [-0.1, -0.05) is 19.9 Å². The van der Waals surface area contributed by atoms with Crippen molar-refractivity contribution in [1.29, 1.82) is 0 Å². The molecule has 0 fully saturated rings. The average molecular weight is 399 g/mol. The monoisotopic (exact) mass is 398 g/mol. The second kappa shape index (κ2) is 6.64. The van der Waals surface area contributed by atoms with Gasteiger partial charge >= 0.3 is 0 Å². The Morgan fingerprint density at radius 1 is 1.11 bits per heavy atom. The fourth-order valence-electron chi connectivity index (χ4n) is 3.87. The second-order valence-electron chi connectivity index (χ2n) is 7.99. The maximum absolute atomic E-state index is 13.4. The fraction of sp³-hybridized carbons (Fsp3) is 0.364. The molecule has 0 atom stereocenters. The molecule has 3 aromatic rings. The van der Waals surface area contributed by atoms with Crippen molar-refractivity contribution in [3.63, 3.8) is 0 Å². The average Bonchev–Trinajstić information content (AvgIpc) is 3.03. The molecule has 1 aliphatic heterocycles. The van der Waals surface area contributed by atoms with Gasteiger partial charge in [0, 0.05) is 29.3 Å². The maximum Gasteiger partial charge on any atom is 0.268 e. The topological polar surface area (TPSA) is 51.5 Å². The predicted octanol–water partition coefficient (Wildman–Crippen LogP) is 4.09. The van der Waals surface area contributed by atoms with Crippen molar-refractivity contribution < 1.29 is 13.2 Å². The van der Waals surface area contributed by atoms with Crippen molar-refractivity contribution in [2.45, 2.75) is 31.1 Å². The molecule has 0 unspecified atom stereocenters. The lowest BCUT2D eigenvalue weighted by Crippen LogP contribution is -2.17. The number of benzene rings is 2. The third-order valence-corrected chi connectivity index (χ3v) is 7.20. The van der Waals surface area contributed by atoms with Crippen LogP contribution in [0, 0.1) is 0 Å². The van der Waals surface area contributed by atoms with Gasteiger partial charge in [-0.2, -0.15) is 0 Å². The minimum absolute atomic E-state index is 0.318. The molecular formula is C22H26N2O3S. The first kappa shape index (κ1) is 19.0. The van der Waals surface area contributed by atoms with Crippen molar-refractivity contribution >= 4 is 20.9 Å². The lowest BCUT2D eigenvalue weighted by atomic mass is 9.95. The Balaban J connectivity index is 2.07. The van der Waals surface area contributed by atoms with Gasteiger partial charge in [0.25, 0.3) is 10.0 Å². The lowest BCUT2D eigenvalue weighted by molar-refractivity contribution is 0.413. The highest BCUT2D eigenvalue weighted by Gasteiger charge is 2.32. The van der Waals surface area contributed by atoms with Gasteiger partial charge in [-0.3, -0.25) is 0 Å². The zero-order valence-corrected chi connectivity index (χ0v) is 17.8. The Bertz CT molecular complexity index is 1170. The Morgan fingerprint density at radius 3 is 2.50 bits per heavy atom. The summed E-state index contributed by atoms with van der Waals surface area (Å²) in [7, 11) is 2.06. The minimum atomic E-state index is -3.63. The summed E-state index contributed by atoms with van der Waals surface area (Å²) in [6.45, 7) is 5.07. The highest BCUT2D eigenvalue weighted by atomic mass is 32.2. The first-order valence-corrected chi connectivity index (χ1v) is 10.9. The van der Waals surface area contributed by atoms with E-state index in [1.54, 1.807) is 19.4 Å². The van der Waals surface area contributed by atoms with Crippen molar-refractivity contribution in [2.75, 3.05) is 27.7 Å². The van der Waals surface area contributed by atoms with E-state index in [0.29, 0.717) is 10.8 Å². The van der Waals surface area contributed by atoms with E-state index in [2.05, 4.69) is 18.7 Å². The molecule has 148 valence electrons. The molecule has 0 spiro atoms. The van der Waals surface area contributed by atoms with E-state index in [-0.39, 0.29) is 0 Å². The first-order valence-electron chi connectivity index (χ1n) is 9.50. The lowest BCUT2D eigenvalue weighted by Gasteiger charge is -2.22. The molecule has 0 bridgehead atoms. The summed E-state index contributed by atoms with van der Waals surface area (Å²) in [5.41, 5.74) is 4.57. The van der Waals surface area contributed by atoms with Crippen molar-refractivity contribution in [3.8, 4) is 16.9 Å². The van der Waals surface area contributed by atoms with Crippen LogP contribution in [0.3, 0.4) is 0 Å². The number of hydrogen-bond donors (Lipinski definition) is 0. The number of rotatable bonds is 5. The molecule has 0 N–H and O–H groups in total. The van der Waals surface area contributed by atoms with Crippen molar-refractivity contribution in [3.05, 3.63) is 47.7 Å². The van der Waals surface area contributed by atoms with Crippen LogP contribution in [0.1, 0.15) is 30.9 Å². The van der Waals surface area contributed by atoms with E-state index in [1.165, 1.54) is 3.97 Å². The summed E-state index contributed by atoms with van der Waals surface area (Å²) in [6.07, 6.45) is 2.55. The first-order chi connectivity index (χ1) is 13.2. The number of hydrogen-bond acceptors (Lipinski definition) is 4. The van der Waals surface area contributed by atoms with Gasteiger partial charge in [-0.25, -0.2) is 12.4 Å². The molecule has 1 aromatic heterocycles. The number of methoxy groups -OCH3 is 1. The van der Waals surface area contributed by atoms with Crippen LogP contribution in [0.15, 0.2) is 41.4 Å². The van der Waals surface area contributed by atoms with Crippen LogP contribution in [0.2, 0.25) is 0 Å². The van der Waals surface area contributed by atoms with Gasteiger partial charge in [0.05, 0.1) is 17.5 Å². The number of likely N-dealkylation sites (N-methyl/N-ethyl adjacent to an activating group) is 1. The molecule has 2 aromatic carbocycles. The van der Waals surface area contributed by atoms with Gasteiger partial charge in [0.15, 0.2) is 0 Å². The Morgan fingerprint density at radius 2 is 1.86 bits per heavy atom. The summed E-state index contributed by atoms with van der Waals surface area (Å²) < 4.78 is 33.8. The Hall–Kier alpha value is -2.31. The SMILES string of the molecule is COc1cc2c3c(c1)c(CCN(C)C)cn3S(=O)(=O)c1ccc(C(C)C)cc1-2. The van der Waals surface area contributed by atoms with Crippen LogP contribution in [-0.2, 0) is 16.4 Å². The fourth-order valence-corrected chi connectivity index (χ4v) is 5.47. The smallest absolute Gasteiger partial charge is 0.268 e. The summed E-state index contributed by atoms with van der Waals surface area (Å²) in [6, 6.07) is 9.58. The molecule has 2 heterocycles. The quantitative estimate of drug-likeness (QED) is 0.508. The molecule has 0 saturated carbocycles. The van der Waals surface area contributed by atoms with E-state index in [4.69, 9.17) is 4.74 Å². The molecule has 6 heteroatoms. The predicted molar refractivity (Wildman–Crippen MR) is 113 cm³/mol. The number of aromatic nitrogens is 1. The second-order valence-corrected chi connectivity index (χ2v) is 9.77. The van der Waals surface area contributed by atoms with Crippen LogP contribution >= 0.6 is 0 Å². The van der Waals surface area contributed by atoms with Gasteiger partial charge < -0.3 is 9.64 Å². The summed E-state index contributed by atoms with van der Waals surface area (Å²) in [5.74, 6) is 1.06. The van der Waals surface area contributed by atoms with E-state index >= 15 is 0 Å². The molecular weight excluding hydrogens is 372 g/mol. The summed E-state index contributed by atoms with van der Waals surface area (Å²) in [5, 5.41) is 0.945. The summed E-state index contributed by atoms with van der Waals surface area (Å²) in [4.78, 5) is 2.45. The van der Waals surface area contributed by atoms with Crippen molar-refractivity contribution in [1.82, 2.24) is 8.87 Å². The largest absolute Gasteiger partial charge is 0.497 e. The van der Waals surface area contributed by atoms with Gasteiger partial charge in [-0.05, 0) is 61.8 Å². The van der Waals surface area contributed by atoms with Gasteiger partial charge in [0.2, 0.25) is 0 Å². The van der Waals surface area contributed by atoms with Crippen LogP contribution in [-0.4, -0.2) is 45.0 Å². The normalized spacial score (nSPS) is 14.7. The van der Waals surface area contributed by atoms with Crippen LogP contribution in [0.5, 0.6) is 5.75 Å². The number of fused-ring (bicyclic) bond motifs is 2. The zero-order valence-electron chi connectivity index (χ0n) is 17.0. The molecule has 0 amide bonds. The van der Waals surface area contributed by atoms with E-state index in [9.17, 15) is 8.42 Å². The van der Waals surface area contributed by atoms with Crippen molar-refractivity contribution in [2.24, 2.45) is 0 Å². The molecule has 28 heavy (non-hydrogen) atoms. The van der Waals surface area contributed by atoms with Crippen LogP contribution in [0.25, 0.3) is 22.0 Å². The van der Waals surface area contributed by atoms with E-state index < -0.39 is 10.0 Å². The Labute approximate surface area is 166 Å². The van der Waals surface area contributed by atoms with Crippen LogP contribution < -0.4 is 4.74 Å². The highest BCUT2D eigenvalue weighted by Crippen LogP contribution is 2.44. The Kier molecular flexibility index (Phi) is 4.51. The molecule has 0 radical (unpaired) electrons. The van der Waals surface area contributed by atoms with Gasteiger partial charge in [-0.15, -0.1) is 0 Å². The molecule has 4 rings (SSSR count). The standard InChI is InChI=1S/C22H26N2O3S/c1-14(2)15-6-7-21-19(10-15)20-12-17(27-5)11-18-16(8-9-23(3)4)13-24(22(18)20)28(21,25)26/h6-7,10-14H,8-9H2,1-5H3. The molecule has 5 nitrogen and oxygen atoms in total. The van der Waals surface area contributed by atoms with E-state index in [0.717, 1.165) is 51.9 Å². The third kappa shape index (κ3) is 2.83. The maximum atomic E-state index is 13.4. The minimum Gasteiger partial charge on any atom is -0.497 e. The number of ether oxygens (including phenoxy) is 1. The third-order valence-electron chi connectivity index (χ3n) is 5.48. The highest BCUT2D eigenvalue weighted by molar-refractivity contribution is 7.90. The summed E-state index contributed by atoms with van der Waals surface area (Å²) >= 11 is 0. The molecule has 0 saturated heterocycles. The van der Waals surface area contributed by atoms with Gasteiger partial charge in [0.1, 0.15) is 5.75 Å². The zero-order chi connectivity index (χ0) is 20.2. The number of nitrogens with zero attached hydrogens (tertiary/aromatic N) is 2.